The van der Waals surface area contributed by atoms with Crippen molar-refractivity contribution in [1.29, 1.82) is 0 Å². The maximum atomic E-state index is 5.73. The molecule has 0 aromatic carbocycles. The summed E-state index contributed by atoms with van der Waals surface area (Å²) in [6, 6.07) is 0.470. The molecule has 0 rings (SSSR count). The van der Waals surface area contributed by atoms with Crippen molar-refractivity contribution in [2.75, 3.05) is 13.7 Å². The fourth-order valence-electron chi connectivity index (χ4n) is 1.97. The van der Waals surface area contributed by atoms with Crippen LogP contribution in [0, 0.1) is 5.92 Å². The molecule has 0 aliphatic heterocycles. The summed E-state index contributed by atoms with van der Waals surface area (Å²) in [7, 11) is 1.83. The summed E-state index contributed by atoms with van der Waals surface area (Å²) in [6.45, 7) is 12.3. The molecule has 0 aliphatic rings. The van der Waals surface area contributed by atoms with E-state index in [-0.39, 0.29) is 5.60 Å². The normalized spacial score (nSPS) is 19.1. The van der Waals surface area contributed by atoms with Crippen molar-refractivity contribution in [3.8, 4) is 0 Å². The number of hydrogen-bond donors (Lipinski definition) is 1. The van der Waals surface area contributed by atoms with E-state index >= 15 is 0 Å². The molecule has 98 valence electrons. The van der Waals surface area contributed by atoms with Crippen LogP contribution in [0.15, 0.2) is 0 Å². The van der Waals surface area contributed by atoms with Crippen molar-refractivity contribution >= 4 is 0 Å². The Morgan fingerprint density at radius 1 is 1.25 bits per heavy atom. The van der Waals surface area contributed by atoms with Gasteiger partial charge >= 0.3 is 0 Å². The Morgan fingerprint density at radius 3 is 2.25 bits per heavy atom. The van der Waals surface area contributed by atoms with Crippen LogP contribution in [0.1, 0.15) is 60.3 Å². The van der Waals surface area contributed by atoms with Gasteiger partial charge in [-0.05, 0) is 38.6 Å². The Morgan fingerprint density at radius 2 is 1.88 bits per heavy atom. The van der Waals surface area contributed by atoms with Gasteiger partial charge in [0.25, 0.3) is 0 Å². The molecule has 0 aliphatic carbocycles. The number of nitrogens with one attached hydrogen (secondary N) is 1. The van der Waals surface area contributed by atoms with Gasteiger partial charge in [0.2, 0.25) is 0 Å². The van der Waals surface area contributed by atoms with E-state index in [1.54, 1.807) is 0 Å². The molecule has 0 radical (unpaired) electrons. The summed E-state index contributed by atoms with van der Waals surface area (Å²) in [5.41, 5.74) is -0.0292. The van der Waals surface area contributed by atoms with Gasteiger partial charge in [0, 0.05) is 13.2 Å². The molecule has 0 aromatic rings. The van der Waals surface area contributed by atoms with E-state index in [1.807, 2.05) is 7.11 Å². The van der Waals surface area contributed by atoms with Crippen LogP contribution in [0.3, 0.4) is 0 Å². The van der Waals surface area contributed by atoms with Crippen molar-refractivity contribution in [2.45, 2.75) is 71.9 Å². The summed E-state index contributed by atoms with van der Waals surface area (Å²) in [5.74, 6) is 0.760. The lowest BCUT2D eigenvalue weighted by molar-refractivity contribution is -0.0346. The average molecular weight is 229 g/mol. The number of rotatable bonds is 9. The van der Waals surface area contributed by atoms with E-state index < -0.39 is 0 Å². The van der Waals surface area contributed by atoms with E-state index in [0.29, 0.717) is 6.04 Å². The van der Waals surface area contributed by atoms with Gasteiger partial charge in [-0.15, -0.1) is 0 Å². The van der Waals surface area contributed by atoms with Gasteiger partial charge in [0.15, 0.2) is 0 Å². The van der Waals surface area contributed by atoms with Crippen LogP contribution in [0.2, 0.25) is 0 Å². The van der Waals surface area contributed by atoms with Crippen molar-refractivity contribution < 1.29 is 4.74 Å². The number of methoxy groups -OCH3 is 1. The largest absolute Gasteiger partial charge is 0.377 e. The highest BCUT2D eigenvalue weighted by molar-refractivity contribution is 4.89. The standard InChI is InChI=1S/C14H31NO/c1-7-10-15-13(11-12(4)8-2)14(5,9-3)16-6/h12-13,15H,7-11H2,1-6H3. The van der Waals surface area contributed by atoms with Crippen molar-refractivity contribution in [2.24, 2.45) is 5.92 Å². The fourth-order valence-corrected chi connectivity index (χ4v) is 1.97. The first kappa shape index (κ1) is 15.9. The maximum absolute atomic E-state index is 5.73. The molecule has 0 bridgehead atoms. The first-order chi connectivity index (χ1) is 7.53. The molecule has 16 heavy (non-hydrogen) atoms. The van der Waals surface area contributed by atoms with E-state index in [4.69, 9.17) is 4.74 Å². The summed E-state index contributed by atoms with van der Waals surface area (Å²) in [6.07, 6.45) is 4.68. The smallest absolute Gasteiger partial charge is 0.0800 e. The summed E-state index contributed by atoms with van der Waals surface area (Å²) in [5, 5.41) is 3.65. The van der Waals surface area contributed by atoms with Crippen LogP contribution in [0.25, 0.3) is 0 Å². The van der Waals surface area contributed by atoms with E-state index in [2.05, 4.69) is 39.9 Å². The van der Waals surface area contributed by atoms with Crippen molar-refractivity contribution in [1.82, 2.24) is 5.32 Å². The molecule has 3 unspecified atom stereocenters. The fraction of sp³-hybridized carbons (Fsp3) is 1.00. The Bertz CT molecular complexity index is 166. The highest BCUT2D eigenvalue weighted by Gasteiger charge is 2.32. The molecule has 0 heterocycles. The molecule has 0 fully saturated rings. The molecule has 0 spiro atoms. The summed E-state index contributed by atoms with van der Waals surface area (Å²) < 4.78 is 5.73. The second-order valence-electron chi connectivity index (χ2n) is 5.13. The van der Waals surface area contributed by atoms with Gasteiger partial charge in [-0.1, -0.05) is 34.1 Å². The zero-order valence-electron chi connectivity index (χ0n) is 12.1. The highest BCUT2D eigenvalue weighted by atomic mass is 16.5. The SMILES string of the molecule is CCCNC(CC(C)CC)C(C)(CC)OC. The maximum Gasteiger partial charge on any atom is 0.0800 e. The Hall–Kier alpha value is -0.0800. The van der Waals surface area contributed by atoms with Crippen LogP contribution in [-0.4, -0.2) is 25.3 Å². The summed E-state index contributed by atoms with van der Waals surface area (Å²) >= 11 is 0. The molecular weight excluding hydrogens is 198 g/mol. The highest BCUT2D eigenvalue weighted by Crippen LogP contribution is 2.25. The zero-order chi connectivity index (χ0) is 12.6. The first-order valence-electron chi connectivity index (χ1n) is 6.82. The third kappa shape index (κ3) is 4.84. The van der Waals surface area contributed by atoms with E-state index in [0.717, 1.165) is 18.9 Å². The molecule has 0 amide bonds. The third-order valence-corrected chi connectivity index (χ3v) is 3.88. The minimum Gasteiger partial charge on any atom is -0.377 e. The summed E-state index contributed by atoms with van der Waals surface area (Å²) in [4.78, 5) is 0. The molecule has 0 saturated carbocycles. The van der Waals surface area contributed by atoms with Gasteiger partial charge < -0.3 is 10.1 Å². The van der Waals surface area contributed by atoms with Crippen LogP contribution in [0.5, 0.6) is 0 Å². The van der Waals surface area contributed by atoms with Gasteiger partial charge in [-0.3, -0.25) is 0 Å². The minimum absolute atomic E-state index is 0.0292. The second kappa shape index (κ2) is 8.08. The third-order valence-electron chi connectivity index (χ3n) is 3.88. The molecule has 0 aromatic heterocycles. The van der Waals surface area contributed by atoms with Crippen LogP contribution >= 0.6 is 0 Å². The van der Waals surface area contributed by atoms with Gasteiger partial charge in [0.1, 0.15) is 0 Å². The van der Waals surface area contributed by atoms with Crippen LogP contribution < -0.4 is 5.32 Å². The van der Waals surface area contributed by atoms with Crippen molar-refractivity contribution in [3.63, 3.8) is 0 Å². The molecule has 1 N–H and O–H groups in total. The van der Waals surface area contributed by atoms with Crippen LogP contribution in [-0.2, 0) is 4.74 Å². The molecule has 2 nitrogen and oxygen atoms in total. The average Bonchev–Trinajstić information content (AvgIpc) is 2.32. The van der Waals surface area contributed by atoms with Gasteiger partial charge in [-0.2, -0.15) is 0 Å². The minimum atomic E-state index is -0.0292. The van der Waals surface area contributed by atoms with E-state index in [9.17, 15) is 0 Å². The lowest BCUT2D eigenvalue weighted by Crippen LogP contribution is -2.50. The van der Waals surface area contributed by atoms with Crippen LogP contribution in [0.4, 0.5) is 0 Å². The predicted octanol–water partition coefficient (Wildman–Crippen LogP) is 3.61. The zero-order valence-corrected chi connectivity index (χ0v) is 12.1. The monoisotopic (exact) mass is 229 g/mol. The molecular formula is C14H31NO. The first-order valence-corrected chi connectivity index (χ1v) is 6.82. The molecule has 3 atom stereocenters. The van der Waals surface area contributed by atoms with E-state index in [1.165, 1.54) is 19.3 Å². The molecule has 0 saturated heterocycles. The lowest BCUT2D eigenvalue weighted by atomic mass is 9.85. The van der Waals surface area contributed by atoms with Crippen molar-refractivity contribution in [3.05, 3.63) is 0 Å². The van der Waals surface area contributed by atoms with Gasteiger partial charge in [0.05, 0.1) is 5.60 Å². The second-order valence-corrected chi connectivity index (χ2v) is 5.13. The number of hydrogen-bond acceptors (Lipinski definition) is 2. The Balaban J connectivity index is 4.50. The Labute approximate surface area is 102 Å². The number of ether oxygens (including phenoxy) is 1. The van der Waals surface area contributed by atoms with Gasteiger partial charge in [-0.25, -0.2) is 0 Å². The lowest BCUT2D eigenvalue weighted by Gasteiger charge is -2.38. The topological polar surface area (TPSA) is 21.3 Å². The quantitative estimate of drug-likeness (QED) is 0.652. The molecule has 2 heteroatoms. The Kier molecular flexibility index (Phi) is 8.04. The predicted molar refractivity (Wildman–Crippen MR) is 71.9 cm³/mol.